The maximum Gasteiger partial charge on any atom is 0.270 e. The number of allylic oxidation sites excluding steroid dienone is 1. The summed E-state index contributed by atoms with van der Waals surface area (Å²) in [6.07, 6.45) is 1.66. The van der Waals surface area contributed by atoms with Gasteiger partial charge in [-0.15, -0.1) is 0 Å². The molecule has 30 heavy (non-hydrogen) atoms. The molecule has 0 aliphatic carbocycles. The van der Waals surface area contributed by atoms with Crippen LogP contribution in [-0.4, -0.2) is 4.92 Å². The summed E-state index contributed by atoms with van der Waals surface area (Å²) in [5.74, 6) is 0.604. The predicted molar refractivity (Wildman–Crippen MR) is 122 cm³/mol. The van der Waals surface area contributed by atoms with Crippen molar-refractivity contribution in [2.45, 2.75) is 6.61 Å². The number of nitrogens with zero attached hydrogens (tertiary/aromatic N) is 2. The van der Waals surface area contributed by atoms with Crippen molar-refractivity contribution < 1.29 is 9.66 Å². The normalized spacial score (nSPS) is 11.1. The molecule has 5 nitrogen and oxygen atoms in total. The van der Waals surface area contributed by atoms with E-state index in [0.717, 1.165) is 11.1 Å². The molecule has 0 saturated heterocycles. The first-order valence-electron chi connectivity index (χ1n) is 8.60. The number of rotatable bonds is 6. The van der Waals surface area contributed by atoms with Gasteiger partial charge in [-0.25, -0.2) is 0 Å². The summed E-state index contributed by atoms with van der Waals surface area (Å²) in [6.45, 7) is 0.265. The van der Waals surface area contributed by atoms with Gasteiger partial charge in [0.2, 0.25) is 0 Å². The zero-order chi connectivity index (χ0) is 21.7. The van der Waals surface area contributed by atoms with Crippen molar-refractivity contribution >= 4 is 56.5 Å². The summed E-state index contributed by atoms with van der Waals surface area (Å²) in [6, 6.07) is 18.6. The Hall–Kier alpha value is -2.85. The van der Waals surface area contributed by atoms with Gasteiger partial charge in [0.25, 0.3) is 5.69 Å². The molecule has 0 aliphatic rings. The number of nitro benzene ring substituents is 1. The third-order valence-electron chi connectivity index (χ3n) is 4.15. The van der Waals surface area contributed by atoms with Crippen molar-refractivity contribution in [1.29, 1.82) is 5.26 Å². The summed E-state index contributed by atoms with van der Waals surface area (Å²) in [7, 11) is 0. The fourth-order valence-electron chi connectivity index (χ4n) is 2.65. The van der Waals surface area contributed by atoms with Crippen LogP contribution in [0.4, 0.5) is 5.69 Å². The number of ether oxygens (including phenoxy) is 1. The lowest BCUT2D eigenvalue weighted by molar-refractivity contribution is -0.384. The standard InChI is InChI=1S/C22H13BrCl2N2O3/c23-20-9-14(8-17(12-26)15-2-1-3-19(10-15)27(28)29)4-7-22(20)30-13-16-5-6-18(24)11-21(16)25/h1-11H,13H2/b17-8-. The van der Waals surface area contributed by atoms with Crippen molar-refractivity contribution in [3.8, 4) is 11.8 Å². The summed E-state index contributed by atoms with van der Waals surface area (Å²) >= 11 is 15.5. The SMILES string of the molecule is N#C/C(=C/c1ccc(OCc2ccc(Cl)cc2Cl)c(Br)c1)c1cccc([N+](=O)[O-])c1. The zero-order valence-electron chi connectivity index (χ0n) is 15.3. The molecule has 0 aromatic heterocycles. The first-order chi connectivity index (χ1) is 14.4. The molecule has 0 saturated carbocycles. The number of nitro groups is 1. The fourth-order valence-corrected chi connectivity index (χ4v) is 3.63. The average Bonchev–Trinajstić information content (AvgIpc) is 2.72. The molecule has 0 spiro atoms. The zero-order valence-corrected chi connectivity index (χ0v) is 18.4. The van der Waals surface area contributed by atoms with Gasteiger partial charge in [0.1, 0.15) is 12.4 Å². The highest BCUT2D eigenvalue weighted by molar-refractivity contribution is 9.10. The minimum atomic E-state index is -0.492. The van der Waals surface area contributed by atoms with E-state index in [-0.39, 0.29) is 12.3 Å². The molecule has 150 valence electrons. The predicted octanol–water partition coefficient (Wildman–Crippen LogP) is 7.31. The highest BCUT2D eigenvalue weighted by atomic mass is 79.9. The summed E-state index contributed by atoms with van der Waals surface area (Å²) < 4.78 is 6.51. The first-order valence-corrected chi connectivity index (χ1v) is 10.1. The van der Waals surface area contributed by atoms with Crippen LogP contribution in [0.5, 0.6) is 5.75 Å². The maximum absolute atomic E-state index is 11.0. The average molecular weight is 504 g/mol. The molecule has 0 atom stereocenters. The van der Waals surface area contributed by atoms with E-state index in [1.54, 1.807) is 54.6 Å². The van der Waals surface area contributed by atoms with Crippen LogP contribution in [0.25, 0.3) is 11.6 Å². The Bertz CT molecular complexity index is 1190. The topological polar surface area (TPSA) is 76.2 Å². The van der Waals surface area contributed by atoms with Crippen LogP contribution in [-0.2, 0) is 6.61 Å². The number of non-ortho nitro benzene ring substituents is 1. The molecule has 3 rings (SSSR count). The quantitative estimate of drug-likeness (QED) is 0.153. The van der Waals surface area contributed by atoms with E-state index in [4.69, 9.17) is 27.9 Å². The molecule has 8 heteroatoms. The Labute approximate surface area is 191 Å². The Morgan fingerprint density at radius 2 is 1.97 bits per heavy atom. The second-order valence-electron chi connectivity index (χ2n) is 6.19. The number of nitriles is 1. The second kappa shape index (κ2) is 9.77. The van der Waals surface area contributed by atoms with Gasteiger partial charge in [0.15, 0.2) is 0 Å². The largest absolute Gasteiger partial charge is 0.488 e. The molecular weight excluding hydrogens is 491 g/mol. The monoisotopic (exact) mass is 502 g/mol. The molecular formula is C22H13BrCl2N2O3. The highest BCUT2D eigenvalue weighted by Gasteiger charge is 2.10. The van der Waals surface area contributed by atoms with Gasteiger partial charge < -0.3 is 4.74 Å². The van der Waals surface area contributed by atoms with E-state index < -0.39 is 4.92 Å². The third-order valence-corrected chi connectivity index (χ3v) is 5.36. The minimum Gasteiger partial charge on any atom is -0.488 e. The number of halogens is 3. The minimum absolute atomic E-state index is 0.0700. The molecule has 0 bridgehead atoms. The van der Waals surface area contributed by atoms with Gasteiger partial charge in [-0.1, -0.05) is 47.5 Å². The lowest BCUT2D eigenvalue weighted by atomic mass is 10.0. The molecule has 0 N–H and O–H groups in total. The Balaban J connectivity index is 1.80. The molecule has 0 aliphatic heterocycles. The summed E-state index contributed by atoms with van der Waals surface area (Å²) in [5.41, 5.74) is 2.25. The van der Waals surface area contributed by atoms with Crippen LogP contribution in [0.1, 0.15) is 16.7 Å². The van der Waals surface area contributed by atoms with Crippen LogP contribution < -0.4 is 4.74 Å². The van der Waals surface area contributed by atoms with E-state index >= 15 is 0 Å². The summed E-state index contributed by atoms with van der Waals surface area (Å²) in [4.78, 5) is 10.5. The van der Waals surface area contributed by atoms with Gasteiger partial charge in [-0.2, -0.15) is 5.26 Å². The van der Waals surface area contributed by atoms with Crippen molar-refractivity contribution in [1.82, 2.24) is 0 Å². The number of benzene rings is 3. The number of hydrogen-bond acceptors (Lipinski definition) is 4. The van der Waals surface area contributed by atoms with E-state index in [2.05, 4.69) is 22.0 Å². The molecule has 0 unspecified atom stereocenters. The Morgan fingerprint density at radius 3 is 2.63 bits per heavy atom. The van der Waals surface area contributed by atoms with Gasteiger partial charge in [-0.05, 0) is 57.4 Å². The molecule has 0 amide bonds. The molecule has 0 radical (unpaired) electrons. The third kappa shape index (κ3) is 5.39. The van der Waals surface area contributed by atoms with E-state index in [1.165, 1.54) is 12.1 Å². The van der Waals surface area contributed by atoms with Gasteiger partial charge in [0.05, 0.1) is 21.0 Å². The van der Waals surface area contributed by atoms with Crippen LogP contribution in [0, 0.1) is 21.4 Å². The fraction of sp³-hybridized carbons (Fsp3) is 0.0455. The van der Waals surface area contributed by atoms with E-state index in [1.807, 2.05) is 0 Å². The number of hydrogen-bond donors (Lipinski definition) is 0. The highest BCUT2D eigenvalue weighted by Crippen LogP contribution is 2.30. The van der Waals surface area contributed by atoms with Crippen LogP contribution in [0.2, 0.25) is 10.0 Å². The smallest absolute Gasteiger partial charge is 0.270 e. The summed E-state index contributed by atoms with van der Waals surface area (Å²) in [5, 5.41) is 21.6. The van der Waals surface area contributed by atoms with E-state index in [0.29, 0.717) is 31.4 Å². The molecule has 0 fully saturated rings. The van der Waals surface area contributed by atoms with Crippen LogP contribution >= 0.6 is 39.1 Å². The lowest BCUT2D eigenvalue weighted by Gasteiger charge is -2.10. The molecule has 3 aromatic rings. The van der Waals surface area contributed by atoms with Gasteiger partial charge in [0, 0.05) is 27.7 Å². The van der Waals surface area contributed by atoms with Crippen LogP contribution in [0.3, 0.4) is 0 Å². The van der Waals surface area contributed by atoms with E-state index in [9.17, 15) is 15.4 Å². The molecule has 0 heterocycles. The van der Waals surface area contributed by atoms with Crippen molar-refractivity contribution in [2.24, 2.45) is 0 Å². The second-order valence-corrected chi connectivity index (χ2v) is 7.89. The Morgan fingerprint density at radius 1 is 1.17 bits per heavy atom. The first kappa shape index (κ1) is 21.8. The van der Waals surface area contributed by atoms with Crippen molar-refractivity contribution in [3.05, 3.63) is 102 Å². The van der Waals surface area contributed by atoms with Crippen molar-refractivity contribution in [2.75, 3.05) is 0 Å². The lowest BCUT2D eigenvalue weighted by Crippen LogP contribution is -1.97. The van der Waals surface area contributed by atoms with Crippen molar-refractivity contribution in [3.63, 3.8) is 0 Å². The van der Waals surface area contributed by atoms with Gasteiger partial charge >= 0.3 is 0 Å². The van der Waals surface area contributed by atoms with Crippen LogP contribution in [0.15, 0.2) is 65.1 Å². The maximum atomic E-state index is 11.0. The molecule has 3 aromatic carbocycles. The Kier molecular flexibility index (Phi) is 7.11. The van der Waals surface area contributed by atoms with Gasteiger partial charge in [-0.3, -0.25) is 10.1 Å².